The maximum absolute atomic E-state index is 12.9. The third-order valence-corrected chi connectivity index (χ3v) is 5.20. The molecule has 0 aliphatic carbocycles. The molecule has 5 heterocycles. The number of methoxy groups -OCH3 is 1. The van der Waals surface area contributed by atoms with Crippen molar-refractivity contribution in [3.63, 3.8) is 0 Å². The van der Waals surface area contributed by atoms with Gasteiger partial charge in [-0.1, -0.05) is 0 Å². The first-order chi connectivity index (χ1) is 14.2. The Balaban J connectivity index is 1.46. The molecule has 1 aliphatic heterocycles. The number of furan rings is 1. The SMILES string of the molecule is COc1ccc(C(=O)N2CC[C@H](n3c(-c4ccco4)nc4cccnc43)C2)cn1. The lowest BCUT2D eigenvalue weighted by atomic mass is 10.2. The van der Waals surface area contributed by atoms with Gasteiger partial charge in [0.25, 0.3) is 5.91 Å². The first-order valence-electron chi connectivity index (χ1n) is 9.41. The number of amides is 1. The molecular weight excluding hydrogens is 370 g/mol. The maximum Gasteiger partial charge on any atom is 0.255 e. The molecule has 1 fully saturated rings. The van der Waals surface area contributed by atoms with Gasteiger partial charge in [-0.25, -0.2) is 15.0 Å². The van der Waals surface area contributed by atoms with E-state index in [-0.39, 0.29) is 11.9 Å². The van der Waals surface area contributed by atoms with Crippen molar-refractivity contribution in [2.24, 2.45) is 0 Å². The maximum atomic E-state index is 12.9. The fourth-order valence-electron chi connectivity index (χ4n) is 3.80. The largest absolute Gasteiger partial charge is 0.481 e. The van der Waals surface area contributed by atoms with Crippen LogP contribution >= 0.6 is 0 Å². The number of hydrogen-bond acceptors (Lipinski definition) is 6. The number of ether oxygens (including phenoxy) is 1. The molecule has 5 rings (SSSR count). The molecule has 0 radical (unpaired) electrons. The van der Waals surface area contributed by atoms with Gasteiger partial charge in [-0.15, -0.1) is 0 Å². The minimum atomic E-state index is -0.0421. The molecule has 1 aliphatic rings. The number of fused-ring (bicyclic) bond motifs is 1. The Kier molecular flexibility index (Phi) is 4.23. The fraction of sp³-hybridized carbons (Fsp3) is 0.238. The van der Waals surface area contributed by atoms with Crippen molar-refractivity contribution in [3.05, 3.63) is 60.6 Å². The average molecular weight is 389 g/mol. The van der Waals surface area contributed by atoms with Gasteiger partial charge in [0.05, 0.1) is 25.0 Å². The zero-order chi connectivity index (χ0) is 19.8. The van der Waals surface area contributed by atoms with E-state index in [0.717, 1.165) is 23.4 Å². The monoisotopic (exact) mass is 389 g/mol. The summed E-state index contributed by atoms with van der Waals surface area (Å²) >= 11 is 0. The van der Waals surface area contributed by atoms with Crippen molar-refractivity contribution in [3.8, 4) is 17.5 Å². The molecule has 1 saturated heterocycles. The molecule has 0 aromatic carbocycles. The van der Waals surface area contributed by atoms with Crippen LogP contribution in [0.2, 0.25) is 0 Å². The van der Waals surface area contributed by atoms with Gasteiger partial charge in [-0.2, -0.15) is 0 Å². The Morgan fingerprint density at radius 1 is 1.21 bits per heavy atom. The van der Waals surface area contributed by atoms with Gasteiger partial charge in [0, 0.05) is 31.5 Å². The van der Waals surface area contributed by atoms with Crippen LogP contribution in [0.3, 0.4) is 0 Å². The number of carbonyl (C=O) groups is 1. The molecule has 146 valence electrons. The summed E-state index contributed by atoms with van der Waals surface area (Å²) in [4.78, 5) is 28.2. The number of aromatic nitrogens is 4. The summed E-state index contributed by atoms with van der Waals surface area (Å²) in [7, 11) is 1.55. The summed E-state index contributed by atoms with van der Waals surface area (Å²) in [6.07, 6.45) is 5.75. The fourth-order valence-corrected chi connectivity index (χ4v) is 3.80. The molecule has 1 atom stereocenters. The van der Waals surface area contributed by atoms with Crippen LogP contribution in [0, 0.1) is 0 Å². The van der Waals surface area contributed by atoms with E-state index < -0.39 is 0 Å². The molecule has 29 heavy (non-hydrogen) atoms. The summed E-state index contributed by atoms with van der Waals surface area (Å²) < 4.78 is 12.8. The van der Waals surface area contributed by atoms with Crippen molar-refractivity contribution >= 4 is 17.1 Å². The average Bonchev–Trinajstić information content (AvgIpc) is 3.52. The first-order valence-corrected chi connectivity index (χ1v) is 9.41. The highest BCUT2D eigenvalue weighted by molar-refractivity contribution is 5.94. The number of carbonyl (C=O) groups excluding carboxylic acids is 1. The predicted molar refractivity (Wildman–Crippen MR) is 106 cm³/mol. The third kappa shape index (κ3) is 3.02. The van der Waals surface area contributed by atoms with E-state index in [1.165, 1.54) is 0 Å². The first kappa shape index (κ1) is 17.4. The summed E-state index contributed by atoms with van der Waals surface area (Å²) in [5, 5.41) is 0. The summed E-state index contributed by atoms with van der Waals surface area (Å²) in [6, 6.07) is 11.0. The van der Waals surface area contributed by atoms with Gasteiger partial charge in [-0.05, 0) is 36.8 Å². The lowest BCUT2D eigenvalue weighted by molar-refractivity contribution is 0.0787. The van der Waals surface area contributed by atoms with Crippen LogP contribution in [0.15, 0.2) is 59.5 Å². The minimum absolute atomic E-state index is 0.0421. The molecular formula is C21H19N5O3. The highest BCUT2D eigenvalue weighted by atomic mass is 16.5. The van der Waals surface area contributed by atoms with Crippen molar-refractivity contribution in [1.29, 1.82) is 0 Å². The van der Waals surface area contributed by atoms with Crippen molar-refractivity contribution in [1.82, 2.24) is 24.4 Å². The number of likely N-dealkylation sites (tertiary alicyclic amines) is 1. The number of nitrogens with zero attached hydrogens (tertiary/aromatic N) is 5. The van der Waals surface area contributed by atoms with Crippen molar-refractivity contribution in [2.75, 3.05) is 20.2 Å². The topological polar surface area (TPSA) is 86.3 Å². The second kappa shape index (κ2) is 7.05. The normalized spacial score (nSPS) is 16.4. The van der Waals surface area contributed by atoms with Crippen LogP contribution in [0.25, 0.3) is 22.7 Å². The quantitative estimate of drug-likeness (QED) is 0.533. The molecule has 1 amide bonds. The molecule has 0 N–H and O–H groups in total. The van der Waals surface area contributed by atoms with Crippen LogP contribution in [0.4, 0.5) is 0 Å². The Bertz CT molecular complexity index is 1150. The molecule has 0 saturated carbocycles. The highest BCUT2D eigenvalue weighted by Crippen LogP contribution is 2.32. The smallest absolute Gasteiger partial charge is 0.255 e. The van der Waals surface area contributed by atoms with Crippen molar-refractivity contribution < 1.29 is 13.9 Å². The summed E-state index contributed by atoms with van der Waals surface area (Å²) in [5.74, 6) is 1.86. The van der Waals surface area contributed by atoms with Gasteiger partial charge < -0.3 is 18.6 Å². The van der Waals surface area contributed by atoms with E-state index in [4.69, 9.17) is 14.1 Å². The minimum Gasteiger partial charge on any atom is -0.481 e. The Labute approximate surface area is 166 Å². The Hall–Kier alpha value is -3.68. The van der Waals surface area contributed by atoms with E-state index in [1.807, 2.05) is 29.2 Å². The molecule has 8 nitrogen and oxygen atoms in total. The summed E-state index contributed by atoms with van der Waals surface area (Å²) in [6.45, 7) is 1.22. The van der Waals surface area contributed by atoms with Crippen molar-refractivity contribution in [2.45, 2.75) is 12.5 Å². The van der Waals surface area contributed by atoms with E-state index in [0.29, 0.717) is 30.3 Å². The number of hydrogen-bond donors (Lipinski definition) is 0. The van der Waals surface area contributed by atoms with E-state index in [9.17, 15) is 4.79 Å². The second-order valence-electron chi connectivity index (χ2n) is 6.91. The third-order valence-electron chi connectivity index (χ3n) is 5.20. The van der Waals surface area contributed by atoms with Crippen LogP contribution in [0.1, 0.15) is 22.8 Å². The van der Waals surface area contributed by atoms with E-state index in [2.05, 4.69) is 14.5 Å². The molecule has 0 spiro atoms. The molecule has 4 aromatic rings. The molecule has 0 bridgehead atoms. The predicted octanol–water partition coefficient (Wildman–Crippen LogP) is 3.18. The number of pyridine rings is 2. The van der Waals surface area contributed by atoms with Crippen LogP contribution in [-0.2, 0) is 0 Å². The van der Waals surface area contributed by atoms with Crippen LogP contribution in [-0.4, -0.2) is 50.5 Å². The number of imidazole rings is 1. The lowest BCUT2D eigenvalue weighted by Gasteiger charge is -2.18. The number of rotatable bonds is 4. The van der Waals surface area contributed by atoms with E-state index >= 15 is 0 Å². The van der Waals surface area contributed by atoms with E-state index in [1.54, 1.807) is 37.9 Å². The van der Waals surface area contributed by atoms with Gasteiger partial charge in [0.15, 0.2) is 17.2 Å². The van der Waals surface area contributed by atoms with Gasteiger partial charge >= 0.3 is 0 Å². The Morgan fingerprint density at radius 3 is 2.90 bits per heavy atom. The van der Waals surface area contributed by atoms with Crippen LogP contribution in [0.5, 0.6) is 5.88 Å². The molecule has 8 heteroatoms. The second-order valence-corrected chi connectivity index (χ2v) is 6.91. The standard InChI is InChI=1S/C21H19N5O3/c1-28-18-7-6-14(12-23-18)21(27)25-10-8-15(13-25)26-19-16(4-2-9-22-19)24-20(26)17-5-3-11-29-17/h2-7,9,11-12,15H,8,10,13H2,1H3/t15-/m0/s1. The van der Waals surface area contributed by atoms with Gasteiger partial charge in [0.2, 0.25) is 5.88 Å². The zero-order valence-electron chi connectivity index (χ0n) is 15.9. The summed E-state index contributed by atoms with van der Waals surface area (Å²) in [5.41, 5.74) is 2.15. The van der Waals surface area contributed by atoms with Gasteiger partial charge in [-0.3, -0.25) is 4.79 Å². The van der Waals surface area contributed by atoms with Gasteiger partial charge in [0.1, 0.15) is 5.52 Å². The zero-order valence-corrected chi connectivity index (χ0v) is 15.9. The van der Waals surface area contributed by atoms with Crippen LogP contribution < -0.4 is 4.74 Å². The Morgan fingerprint density at radius 2 is 2.14 bits per heavy atom. The highest BCUT2D eigenvalue weighted by Gasteiger charge is 2.31. The molecule has 0 unspecified atom stereocenters. The molecule has 4 aromatic heterocycles. The lowest BCUT2D eigenvalue weighted by Crippen LogP contribution is -2.29.